The highest BCUT2D eigenvalue weighted by Crippen LogP contribution is 2.21. The average molecular weight is 369 g/mol. The third-order valence-corrected chi connectivity index (χ3v) is 4.26. The van der Waals surface area contributed by atoms with Crippen LogP contribution in [0.15, 0.2) is 30.3 Å². The van der Waals surface area contributed by atoms with Gasteiger partial charge in [-0.15, -0.1) is 0 Å². The maximum Gasteiger partial charge on any atom is 0.272 e. The molecule has 0 radical (unpaired) electrons. The summed E-state index contributed by atoms with van der Waals surface area (Å²) in [6.45, 7) is 6.02. The number of H-pyrrole nitrogens is 2. The number of aryl methyl sites for hydroxylation is 2. The molecule has 0 fully saturated rings. The number of rotatable bonds is 7. The molecule has 0 bridgehead atoms. The Morgan fingerprint density at radius 2 is 1.96 bits per heavy atom. The van der Waals surface area contributed by atoms with Crippen LogP contribution >= 0.6 is 0 Å². The number of aromatic nitrogens is 4. The fraction of sp³-hybridized carbons (Fsp3) is 0.316. The van der Waals surface area contributed by atoms with Crippen LogP contribution in [-0.4, -0.2) is 33.4 Å². The second-order valence-corrected chi connectivity index (χ2v) is 6.29. The summed E-state index contributed by atoms with van der Waals surface area (Å²) in [5.41, 5.74) is 3.81. The summed E-state index contributed by atoms with van der Waals surface area (Å²) in [7, 11) is 1.60. The molecule has 2 aromatic heterocycles. The van der Waals surface area contributed by atoms with Crippen LogP contribution in [0.5, 0.6) is 11.5 Å². The summed E-state index contributed by atoms with van der Waals surface area (Å²) in [5, 5.41) is 16.9. The van der Waals surface area contributed by atoms with E-state index in [1.54, 1.807) is 19.2 Å². The highest BCUT2D eigenvalue weighted by Gasteiger charge is 2.19. The van der Waals surface area contributed by atoms with Crippen molar-refractivity contribution < 1.29 is 14.3 Å². The Labute approximate surface area is 157 Å². The summed E-state index contributed by atoms with van der Waals surface area (Å²) < 4.78 is 10.9. The zero-order valence-corrected chi connectivity index (χ0v) is 15.8. The van der Waals surface area contributed by atoms with Crippen molar-refractivity contribution in [2.45, 2.75) is 33.4 Å². The largest absolute Gasteiger partial charge is 0.497 e. The molecule has 3 rings (SSSR count). The maximum absolute atomic E-state index is 12.5. The van der Waals surface area contributed by atoms with Crippen molar-refractivity contribution in [3.8, 4) is 11.5 Å². The normalized spacial score (nSPS) is 11.9. The number of hydrogen-bond donors (Lipinski definition) is 3. The van der Waals surface area contributed by atoms with Crippen LogP contribution in [0.25, 0.3) is 0 Å². The van der Waals surface area contributed by atoms with Gasteiger partial charge in [0.05, 0.1) is 24.5 Å². The molecule has 0 saturated carbocycles. The van der Waals surface area contributed by atoms with Gasteiger partial charge in [0.25, 0.3) is 5.91 Å². The van der Waals surface area contributed by atoms with Gasteiger partial charge >= 0.3 is 0 Å². The highest BCUT2D eigenvalue weighted by atomic mass is 16.5. The smallest absolute Gasteiger partial charge is 0.272 e. The molecular weight excluding hydrogens is 346 g/mol. The van der Waals surface area contributed by atoms with E-state index in [-0.39, 0.29) is 18.6 Å². The minimum Gasteiger partial charge on any atom is -0.497 e. The molecule has 2 heterocycles. The summed E-state index contributed by atoms with van der Waals surface area (Å²) in [6.07, 6.45) is 0. The number of amides is 1. The maximum atomic E-state index is 12.5. The quantitative estimate of drug-likeness (QED) is 0.594. The lowest BCUT2D eigenvalue weighted by atomic mass is 10.1. The number of ether oxygens (including phenoxy) is 2. The Kier molecular flexibility index (Phi) is 5.44. The molecular formula is C19H23N5O3. The molecule has 0 aliphatic carbocycles. The summed E-state index contributed by atoms with van der Waals surface area (Å²) in [6, 6.07) is 8.82. The second-order valence-electron chi connectivity index (χ2n) is 6.29. The number of hydrogen-bond acceptors (Lipinski definition) is 5. The minimum atomic E-state index is -0.258. The second kappa shape index (κ2) is 7.94. The predicted octanol–water partition coefficient (Wildman–Crippen LogP) is 2.83. The van der Waals surface area contributed by atoms with E-state index in [9.17, 15) is 4.79 Å². The molecule has 0 aliphatic rings. The van der Waals surface area contributed by atoms with Crippen LogP contribution in [-0.2, 0) is 6.61 Å². The van der Waals surface area contributed by atoms with Gasteiger partial charge in [-0.3, -0.25) is 15.0 Å². The lowest BCUT2D eigenvalue weighted by Crippen LogP contribution is -2.27. The fourth-order valence-electron chi connectivity index (χ4n) is 2.94. The number of carbonyl (C=O) groups excluding carboxylic acids is 1. The first kappa shape index (κ1) is 18.5. The third-order valence-electron chi connectivity index (χ3n) is 4.26. The SMILES string of the molecule is COc1cccc(OCc2cc(C(=O)N[C@@H](C)c3c(C)n[nH]c3C)n[nH]2)c1. The van der Waals surface area contributed by atoms with Crippen LogP contribution in [0, 0.1) is 13.8 Å². The molecule has 0 spiro atoms. The topological polar surface area (TPSA) is 105 Å². The van der Waals surface area contributed by atoms with E-state index in [1.807, 2.05) is 39.0 Å². The van der Waals surface area contributed by atoms with Crippen molar-refractivity contribution in [2.75, 3.05) is 7.11 Å². The average Bonchev–Trinajstić information content (AvgIpc) is 3.26. The molecule has 8 nitrogen and oxygen atoms in total. The predicted molar refractivity (Wildman–Crippen MR) is 99.9 cm³/mol. The molecule has 3 aromatic rings. The first-order valence-electron chi connectivity index (χ1n) is 8.61. The molecule has 1 amide bonds. The van der Waals surface area contributed by atoms with Gasteiger partial charge in [-0.2, -0.15) is 10.2 Å². The van der Waals surface area contributed by atoms with Gasteiger partial charge < -0.3 is 14.8 Å². The van der Waals surface area contributed by atoms with Gasteiger partial charge in [0, 0.05) is 17.3 Å². The van der Waals surface area contributed by atoms with Crippen molar-refractivity contribution in [1.29, 1.82) is 0 Å². The number of nitrogens with zero attached hydrogens (tertiary/aromatic N) is 2. The zero-order valence-electron chi connectivity index (χ0n) is 15.8. The molecule has 142 valence electrons. The lowest BCUT2D eigenvalue weighted by Gasteiger charge is -2.13. The summed E-state index contributed by atoms with van der Waals surface area (Å²) in [5.74, 6) is 1.14. The third kappa shape index (κ3) is 4.28. The first-order valence-corrected chi connectivity index (χ1v) is 8.61. The fourth-order valence-corrected chi connectivity index (χ4v) is 2.94. The van der Waals surface area contributed by atoms with Gasteiger partial charge in [-0.25, -0.2) is 0 Å². The summed E-state index contributed by atoms with van der Waals surface area (Å²) in [4.78, 5) is 12.5. The Hall–Kier alpha value is -3.29. The number of carbonyl (C=O) groups is 1. The lowest BCUT2D eigenvalue weighted by molar-refractivity contribution is 0.0934. The van der Waals surface area contributed by atoms with Crippen LogP contribution in [0.2, 0.25) is 0 Å². The molecule has 1 aromatic carbocycles. The van der Waals surface area contributed by atoms with Crippen LogP contribution in [0.3, 0.4) is 0 Å². The molecule has 0 aliphatic heterocycles. The van der Waals surface area contributed by atoms with Crippen LogP contribution < -0.4 is 14.8 Å². The summed E-state index contributed by atoms with van der Waals surface area (Å²) >= 11 is 0. The van der Waals surface area contributed by atoms with Crippen LogP contribution in [0.1, 0.15) is 46.1 Å². The van der Waals surface area contributed by atoms with Gasteiger partial charge in [-0.1, -0.05) is 6.07 Å². The van der Waals surface area contributed by atoms with E-state index in [0.29, 0.717) is 17.1 Å². The van der Waals surface area contributed by atoms with E-state index in [2.05, 4.69) is 25.7 Å². The van der Waals surface area contributed by atoms with Gasteiger partial charge in [0.2, 0.25) is 0 Å². The first-order chi connectivity index (χ1) is 13.0. The van der Waals surface area contributed by atoms with Crippen LogP contribution in [0.4, 0.5) is 0 Å². The molecule has 1 atom stereocenters. The van der Waals surface area contributed by atoms with Gasteiger partial charge in [0.1, 0.15) is 23.8 Å². The van der Waals surface area contributed by atoms with Crippen molar-refractivity contribution in [3.05, 3.63) is 58.7 Å². The minimum absolute atomic E-state index is 0.176. The standard InChI is InChI=1S/C19H23N5O3/c1-11(18-12(2)21-22-13(18)3)20-19(25)17-8-14(23-24-17)10-27-16-7-5-6-15(9-16)26-4/h5-9,11H,10H2,1-4H3,(H,20,25)(H,21,22)(H,23,24)/t11-/m0/s1. The Bertz CT molecular complexity index is 912. The number of nitrogens with one attached hydrogen (secondary N) is 3. The van der Waals surface area contributed by atoms with Crippen molar-refractivity contribution in [3.63, 3.8) is 0 Å². The van der Waals surface area contributed by atoms with Gasteiger partial charge in [0.15, 0.2) is 0 Å². The van der Waals surface area contributed by atoms with Crippen molar-refractivity contribution in [2.24, 2.45) is 0 Å². The van der Waals surface area contributed by atoms with Gasteiger partial charge in [-0.05, 0) is 39.0 Å². The number of aromatic amines is 2. The van der Waals surface area contributed by atoms with Crippen molar-refractivity contribution >= 4 is 5.91 Å². The Morgan fingerprint density at radius 1 is 1.19 bits per heavy atom. The number of methoxy groups -OCH3 is 1. The van der Waals surface area contributed by atoms with E-state index >= 15 is 0 Å². The van der Waals surface area contributed by atoms with E-state index in [0.717, 1.165) is 22.7 Å². The Balaban J connectivity index is 1.60. The Morgan fingerprint density at radius 3 is 2.67 bits per heavy atom. The molecule has 0 saturated heterocycles. The molecule has 3 N–H and O–H groups in total. The monoisotopic (exact) mass is 369 g/mol. The highest BCUT2D eigenvalue weighted by molar-refractivity contribution is 5.92. The van der Waals surface area contributed by atoms with Crippen molar-refractivity contribution in [1.82, 2.24) is 25.7 Å². The zero-order chi connectivity index (χ0) is 19.4. The van der Waals surface area contributed by atoms with E-state index in [4.69, 9.17) is 9.47 Å². The van der Waals surface area contributed by atoms with E-state index < -0.39 is 0 Å². The molecule has 8 heteroatoms. The van der Waals surface area contributed by atoms with E-state index in [1.165, 1.54) is 0 Å². The molecule has 0 unspecified atom stereocenters. The molecule has 27 heavy (non-hydrogen) atoms. The number of benzene rings is 1.